The van der Waals surface area contributed by atoms with Crippen molar-refractivity contribution in [3.05, 3.63) is 80.4 Å². The summed E-state index contributed by atoms with van der Waals surface area (Å²) in [6.45, 7) is 2.39. The number of halogens is 1. The van der Waals surface area contributed by atoms with Gasteiger partial charge < -0.3 is 9.15 Å². The van der Waals surface area contributed by atoms with Crippen molar-refractivity contribution in [2.75, 3.05) is 12.4 Å². The number of benzene rings is 2. The number of hydrogen-bond donors (Lipinski definition) is 1. The van der Waals surface area contributed by atoms with Crippen LogP contribution < -0.4 is 15.7 Å². The molecule has 0 aliphatic heterocycles. The number of aromatic nitrogens is 3. The minimum absolute atomic E-state index is 0.106. The summed E-state index contributed by atoms with van der Waals surface area (Å²) in [5.41, 5.74) is 2.34. The lowest BCUT2D eigenvalue weighted by atomic mass is 10.0. The first-order valence-corrected chi connectivity index (χ1v) is 10.8. The van der Waals surface area contributed by atoms with Gasteiger partial charge in [0.25, 0.3) is 0 Å². The molecule has 1 N–H and O–H groups in total. The van der Waals surface area contributed by atoms with Gasteiger partial charge in [-0.1, -0.05) is 28.1 Å². The number of aryl methyl sites for hydroxylation is 1. The fraction of sp³-hybridized carbons (Fsp3) is 0.217. The van der Waals surface area contributed by atoms with Crippen molar-refractivity contribution in [3.8, 4) is 5.75 Å². The molecule has 8 nitrogen and oxygen atoms in total. The first-order valence-electron chi connectivity index (χ1n) is 9.97. The molecule has 2 heterocycles. The number of anilines is 1. The maximum absolute atomic E-state index is 12.5. The molecule has 0 aliphatic rings. The van der Waals surface area contributed by atoms with E-state index in [2.05, 4.69) is 31.3 Å². The molecule has 0 unspecified atom stereocenters. The van der Waals surface area contributed by atoms with E-state index in [0.29, 0.717) is 23.4 Å². The topological polar surface area (TPSA) is 99.2 Å². The molecule has 0 saturated carbocycles. The summed E-state index contributed by atoms with van der Waals surface area (Å²) < 4.78 is 13.3. The molecule has 164 valence electrons. The standard InChI is InChI=1S/C23H21BrN4O4/c1-14-18-8-7-17(31-2)11-20(18)32-22(30)19(14)9-10-21(29)26-23-25-13-28(27-23)12-15-3-5-16(24)6-4-15/h3-8,11,13H,9-10,12H2,1-2H3,(H,26,27,29). The van der Waals surface area contributed by atoms with Crippen LogP contribution in [0.1, 0.15) is 23.1 Å². The molecule has 0 saturated heterocycles. The van der Waals surface area contributed by atoms with Gasteiger partial charge in [0.15, 0.2) is 0 Å². The zero-order valence-electron chi connectivity index (χ0n) is 17.6. The maximum Gasteiger partial charge on any atom is 0.339 e. The van der Waals surface area contributed by atoms with E-state index in [1.807, 2.05) is 43.3 Å². The van der Waals surface area contributed by atoms with E-state index in [1.165, 1.54) is 0 Å². The molecule has 4 rings (SSSR count). The van der Waals surface area contributed by atoms with Crippen molar-refractivity contribution in [3.63, 3.8) is 0 Å². The molecular formula is C23H21BrN4O4. The zero-order valence-corrected chi connectivity index (χ0v) is 19.2. The predicted molar refractivity (Wildman–Crippen MR) is 124 cm³/mol. The molecule has 4 aromatic rings. The Hall–Kier alpha value is -3.46. The molecule has 0 radical (unpaired) electrons. The molecule has 32 heavy (non-hydrogen) atoms. The molecule has 0 atom stereocenters. The van der Waals surface area contributed by atoms with Gasteiger partial charge in [-0.25, -0.2) is 14.5 Å². The lowest BCUT2D eigenvalue weighted by Gasteiger charge is -2.08. The number of methoxy groups -OCH3 is 1. The van der Waals surface area contributed by atoms with Gasteiger partial charge in [-0.3, -0.25) is 10.1 Å². The van der Waals surface area contributed by atoms with Crippen LogP contribution in [0.3, 0.4) is 0 Å². The van der Waals surface area contributed by atoms with E-state index in [-0.39, 0.29) is 24.7 Å². The Kier molecular flexibility index (Phi) is 6.36. The van der Waals surface area contributed by atoms with Crippen LogP contribution in [-0.2, 0) is 17.8 Å². The molecule has 0 fully saturated rings. The Bertz CT molecular complexity index is 1330. The second-order valence-corrected chi connectivity index (χ2v) is 8.21. The highest BCUT2D eigenvalue weighted by Gasteiger charge is 2.14. The number of carbonyl (C=O) groups excluding carboxylic acids is 1. The van der Waals surface area contributed by atoms with Gasteiger partial charge in [0, 0.05) is 27.9 Å². The number of fused-ring (bicyclic) bond motifs is 1. The summed E-state index contributed by atoms with van der Waals surface area (Å²) in [7, 11) is 1.55. The lowest BCUT2D eigenvalue weighted by molar-refractivity contribution is -0.116. The van der Waals surface area contributed by atoms with Gasteiger partial charge >= 0.3 is 5.63 Å². The van der Waals surface area contributed by atoms with E-state index in [9.17, 15) is 9.59 Å². The number of nitrogens with zero attached hydrogens (tertiary/aromatic N) is 3. The minimum atomic E-state index is -0.451. The van der Waals surface area contributed by atoms with Crippen molar-refractivity contribution in [1.82, 2.24) is 14.8 Å². The third-order valence-corrected chi connectivity index (χ3v) is 5.67. The number of amides is 1. The number of rotatable bonds is 7. The Morgan fingerprint density at radius 2 is 2.00 bits per heavy atom. The van der Waals surface area contributed by atoms with Crippen molar-refractivity contribution in [1.29, 1.82) is 0 Å². The molecule has 9 heteroatoms. The summed E-state index contributed by atoms with van der Waals surface area (Å²) in [5.74, 6) is 0.556. The Labute approximate surface area is 192 Å². The second kappa shape index (κ2) is 9.35. The van der Waals surface area contributed by atoms with Gasteiger partial charge in [0.2, 0.25) is 11.9 Å². The van der Waals surface area contributed by atoms with Crippen molar-refractivity contribution in [2.45, 2.75) is 26.3 Å². The van der Waals surface area contributed by atoms with E-state index >= 15 is 0 Å². The van der Waals surface area contributed by atoms with Crippen LogP contribution >= 0.6 is 15.9 Å². The van der Waals surface area contributed by atoms with E-state index in [1.54, 1.807) is 24.2 Å². The van der Waals surface area contributed by atoms with Gasteiger partial charge in [0.05, 0.1) is 13.7 Å². The normalized spacial score (nSPS) is 11.0. The van der Waals surface area contributed by atoms with Crippen LogP contribution in [-0.4, -0.2) is 27.8 Å². The molecule has 2 aromatic heterocycles. The highest BCUT2D eigenvalue weighted by molar-refractivity contribution is 9.10. The van der Waals surface area contributed by atoms with Gasteiger partial charge in [-0.2, -0.15) is 0 Å². The number of nitrogens with one attached hydrogen (secondary N) is 1. The fourth-order valence-corrected chi connectivity index (χ4v) is 3.69. The maximum atomic E-state index is 12.5. The average molecular weight is 497 g/mol. The molecule has 0 spiro atoms. The Balaban J connectivity index is 1.40. The first kappa shape index (κ1) is 21.8. The Morgan fingerprint density at radius 1 is 1.22 bits per heavy atom. The third-order valence-electron chi connectivity index (χ3n) is 5.14. The van der Waals surface area contributed by atoms with Crippen LogP contribution in [0.25, 0.3) is 11.0 Å². The summed E-state index contributed by atoms with van der Waals surface area (Å²) in [6.07, 6.45) is 1.92. The molecule has 0 bridgehead atoms. The predicted octanol–water partition coefficient (Wildman–Crippen LogP) is 4.08. The molecule has 1 amide bonds. The Morgan fingerprint density at radius 3 is 2.75 bits per heavy atom. The largest absolute Gasteiger partial charge is 0.497 e. The summed E-state index contributed by atoms with van der Waals surface area (Å²) >= 11 is 3.41. The summed E-state index contributed by atoms with van der Waals surface area (Å²) in [4.78, 5) is 29.0. The van der Waals surface area contributed by atoms with Crippen molar-refractivity contribution >= 4 is 38.8 Å². The monoisotopic (exact) mass is 496 g/mol. The number of hydrogen-bond acceptors (Lipinski definition) is 6. The van der Waals surface area contributed by atoms with Crippen LogP contribution in [0, 0.1) is 6.92 Å². The van der Waals surface area contributed by atoms with Gasteiger partial charge in [-0.15, -0.1) is 5.10 Å². The number of carbonyl (C=O) groups is 1. The molecule has 0 aliphatic carbocycles. The SMILES string of the molecule is COc1ccc2c(C)c(CCC(=O)Nc3ncn(Cc4ccc(Br)cc4)n3)c(=O)oc2c1. The molecule has 2 aromatic carbocycles. The van der Waals surface area contributed by atoms with Crippen LogP contribution in [0.2, 0.25) is 0 Å². The first-order chi connectivity index (χ1) is 15.4. The second-order valence-electron chi connectivity index (χ2n) is 7.30. The van der Waals surface area contributed by atoms with Crippen LogP contribution in [0.5, 0.6) is 5.75 Å². The smallest absolute Gasteiger partial charge is 0.339 e. The summed E-state index contributed by atoms with van der Waals surface area (Å²) in [5, 5.41) is 7.78. The lowest BCUT2D eigenvalue weighted by Crippen LogP contribution is -2.17. The fourth-order valence-electron chi connectivity index (χ4n) is 3.42. The van der Waals surface area contributed by atoms with Crippen molar-refractivity contribution < 1.29 is 13.9 Å². The summed E-state index contributed by atoms with van der Waals surface area (Å²) in [6, 6.07) is 13.2. The van der Waals surface area contributed by atoms with Gasteiger partial charge in [0.1, 0.15) is 17.7 Å². The number of ether oxygens (including phenoxy) is 1. The zero-order chi connectivity index (χ0) is 22.7. The van der Waals surface area contributed by atoms with E-state index in [0.717, 1.165) is 21.0 Å². The average Bonchev–Trinajstić information content (AvgIpc) is 3.21. The van der Waals surface area contributed by atoms with Gasteiger partial charge in [-0.05, 0) is 48.7 Å². The molecular weight excluding hydrogens is 476 g/mol. The van der Waals surface area contributed by atoms with Crippen LogP contribution in [0.15, 0.2) is 62.5 Å². The highest BCUT2D eigenvalue weighted by atomic mass is 79.9. The minimum Gasteiger partial charge on any atom is -0.497 e. The van der Waals surface area contributed by atoms with E-state index < -0.39 is 5.63 Å². The van der Waals surface area contributed by atoms with Crippen molar-refractivity contribution in [2.24, 2.45) is 0 Å². The van der Waals surface area contributed by atoms with Crippen LogP contribution in [0.4, 0.5) is 5.95 Å². The highest BCUT2D eigenvalue weighted by Crippen LogP contribution is 2.24. The third kappa shape index (κ3) is 4.88. The van der Waals surface area contributed by atoms with E-state index in [4.69, 9.17) is 9.15 Å². The quantitative estimate of drug-likeness (QED) is 0.387.